The van der Waals surface area contributed by atoms with Crippen LogP contribution in [0.2, 0.25) is 0 Å². The van der Waals surface area contributed by atoms with Crippen molar-refractivity contribution in [3.05, 3.63) is 182 Å². The van der Waals surface area contributed by atoms with E-state index in [1.54, 1.807) is 0 Å². The van der Waals surface area contributed by atoms with Gasteiger partial charge < -0.3 is 14.7 Å². The van der Waals surface area contributed by atoms with Crippen LogP contribution >= 0.6 is 0 Å². The largest absolute Gasteiger partial charge is 0.345 e. The second-order valence-electron chi connectivity index (χ2n) is 9.69. The van der Waals surface area contributed by atoms with Crippen LogP contribution < -0.4 is 14.7 Å². The lowest BCUT2D eigenvalue weighted by molar-refractivity contribution is 1.21. The summed E-state index contributed by atoms with van der Waals surface area (Å²) < 4.78 is 0. The molecule has 0 radical (unpaired) electrons. The fourth-order valence-corrected chi connectivity index (χ4v) is 4.36. The Morgan fingerprint density at radius 2 is 0.333 bits per heavy atom. The highest BCUT2D eigenvalue weighted by molar-refractivity contribution is 5.63. The summed E-state index contributed by atoms with van der Waals surface area (Å²) in [5, 5.41) is 0. The highest BCUT2D eigenvalue weighted by Gasteiger charge is 2.02. The van der Waals surface area contributed by atoms with Crippen LogP contribution in [0.4, 0.5) is 34.1 Å². The van der Waals surface area contributed by atoms with Crippen molar-refractivity contribution in [3.63, 3.8) is 0 Å². The zero-order valence-corrected chi connectivity index (χ0v) is 24.7. The smallest absolute Gasteiger partial charge is 0.0408 e. The van der Waals surface area contributed by atoms with E-state index in [1.807, 2.05) is 36.4 Å². The molecule has 0 aliphatic heterocycles. The van der Waals surface area contributed by atoms with Crippen molar-refractivity contribution in [2.24, 2.45) is 0 Å². The highest BCUT2D eigenvalue weighted by Crippen LogP contribution is 2.24. The van der Waals surface area contributed by atoms with Gasteiger partial charge in [-0.2, -0.15) is 0 Å². The van der Waals surface area contributed by atoms with Gasteiger partial charge in [0.05, 0.1) is 0 Å². The van der Waals surface area contributed by atoms with Gasteiger partial charge in [-0.25, -0.2) is 0 Å². The summed E-state index contributed by atoms with van der Waals surface area (Å²) in [6.07, 6.45) is 0. The SMILES string of the molecule is CN(c1ccccc1)c1ccccc1.CN(c1ccccc1)c1ccccc1.CN(c1ccccc1)c1ccccc1. The average Bonchev–Trinajstić information content (AvgIpc) is 3.10. The van der Waals surface area contributed by atoms with Gasteiger partial charge in [0.15, 0.2) is 0 Å². The Hall–Kier alpha value is -5.28. The molecule has 6 aromatic rings. The van der Waals surface area contributed by atoms with E-state index >= 15 is 0 Å². The predicted octanol–water partition coefficient (Wildman–Crippen LogP) is 10.4. The normalized spacial score (nSPS) is 9.79. The van der Waals surface area contributed by atoms with Gasteiger partial charge in [-0.05, 0) is 72.8 Å². The number of rotatable bonds is 6. The molecule has 6 rings (SSSR count). The fourth-order valence-electron chi connectivity index (χ4n) is 4.36. The monoisotopic (exact) mass is 549 g/mol. The summed E-state index contributed by atoms with van der Waals surface area (Å²) in [7, 11) is 6.22. The van der Waals surface area contributed by atoms with Crippen LogP contribution in [0.1, 0.15) is 0 Å². The lowest BCUT2D eigenvalue weighted by Crippen LogP contribution is -2.08. The molecule has 0 N–H and O–H groups in total. The lowest BCUT2D eigenvalue weighted by atomic mass is 10.2. The quantitative estimate of drug-likeness (QED) is 0.205. The molecular weight excluding hydrogens is 510 g/mol. The topological polar surface area (TPSA) is 9.72 Å². The first-order chi connectivity index (χ1) is 20.6. The molecule has 0 bridgehead atoms. The van der Waals surface area contributed by atoms with Crippen LogP contribution in [-0.4, -0.2) is 21.1 Å². The molecule has 0 amide bonds. The summed E-state index contributed by atoms with van der Waals surface area (Å²) in [6, 6.07) is 62.0. The van der Waals surface area contributed by atoms with Gasteiger partial charge in [-0.3, -0.25) is 0 Å². The molecule has 0 atom stereocenters. The zero-order valence-electron chi connectivity index (χ0n) is 24.7. The van der Waals surface area contributed by atoms with Crippen molar-refractivity contribution in [2.75, 3.05) is 35.8 Å². The fraction of sp³-hybridized carbons (Fsp3) is 0.0769. The van der Waals surface area contributed by atoms with E-state index in [-0.39, 0.29) is 0 Å². The summed E-state index contributed by atoms with van der Waals surface area (Å²) in [5.74, 6) is 0. The van der Waals surface area contributed by atoms with Crippen LogP contribution in [0.3, 0.4) is 0 Å². The first kappa shape index (κ1) is 29.7. The van der Waals surface area contributed by atoms with Crippen LogP contribution in [0.25, 0.3) is 0 Å². The van der Waals surface area contributed by atoms with Gasteiger partial charge in [0.1, 0.15) is 0 Å². The zero-order chi connectivity index (χ0) is 29.4. The third-order valence-corrected chi connectivity index (χ3v) is 6.86. The van der Waals surface area contributed by atoms with E-state index in [2.05, 4.69) is 181 Å². The summed E-state index contributed by atoms with van der Waals surface area (Å²) in [5.41, 5.74) is 7.24. The molecule has 6 aromatic carbocycles. The number of anilines is 6. The van der Waals surface area contributed by atoms with E-state index in [0.29, 0.717) is 0 Å². The minimum atomic E-state index is 1.21. The van der Waals surface area contributed by atoms with Crippen molar-refractivity contribution in [1.29, 1.82) is 0 Å². The molecule has 0 aliphatic carbocycles. The van der Waals surface area contributed by atoms with Gasteiger partial charge in [-0.15, -0.1) is 0 Å². The highest BCUT2D eigenvalue weighted by atomic mass is 15.1. The van der Waals surface area contributed by atoms with Crippen molar-refractivity contribution >= 4 is 34.1 Å². The standard InChI is InChI=1S/3C13H13N/c3*1-14(12-8-4-2-5-9-12)13-10-6-3-7-11-13/h3*2-11H,1H3. The van der Waals surface area contributed by atoms with Gasteiger partial charge in [-0.1, -0.05) is 109 Å². The van der Waals surface area contributed by atoms with Crippen LogP contribution in [0.5, 0.6) is 0 Å². The first-order valence-electron chi connectivity index (χ1n) is 14.1. The molecule has 3 heteroatoms. The predicted molar refractivity (Wildman–Crippen MR) is 183 cm³/mol. The molecule has 0 aliphatic rings. The molecule has 42 heavy (non-hydrogen) atoms. The molecule has 0 saturated heterocycles. The van der Waals surface area contributed by atoms with Crippen LogP contribution in [0.15, 0.2) is 182 Å². The number of para-hydroxylation sites is 6. The Morgan fingerprint density at radius 3 is 0.452 bits per heavy atom. The Bertz CT molecular complexity index is 1220. The molecule has 3 nitrogen and oxygen atoms in total. The Balaban J connectivity index is 0.000000145. The molecular formula is C39H39N3. The molecule has 0 spiro atoms. The average molecular weight is 550 g/mol. The molecule has 0 heterocycles. The van der Waals surface area contributed by atoms with Crippen LogP contribution in [-0.2, 0) is 0 Å². The molecule has 0 fully saturated rings. The van der Waals surface area contributed by atoms with Crippen LogP contribution in [0, 0.1) is 0 Å². The number of benzene rings is 6. The van der Waals surface area contributed by atoms with E-state index in [1.165, 1.54) is 34.1 Å². The van der Waals surface area contributed by atoms with E-state index in [4.69, 9.17) is 0 Å². The van der Waals surface area contributed by atoms with Crippen molar-refractivity contribution in [2.45, 2.75) is 0 Å². The molecule has 210 valence electrons. The molecule has 0 saturated carbocycles. The Labute approximate surface area is 251 Å². The van der Waals surface area contributed by atoms with Gasteiger partial charge in [0.25, 0.3) is 0 Å². The van der Waals surface area contributed by atoms with E-state index < -0.39 is 0 Å². The molecule has 0 aromatic heterocycles. The van der Waals surface area contributed by atoms with Gasteiger partial charge >= 0.3 is 0 Å². The summed E-state index contributed by atoms with van der Waals surface area (Å²) >= 11 is 0. The van der Waals surface area contributed by atoms with Crippen molar-refractivity contribution in [1.82, 2.24) is 0 Å². The molecule has 0 unspecified atom stereocenters. The van der Waals surface area contributed by atoms with Gasteiger partial charge in [0, 0.05) is 55.3 Å². The maximum Gasteiger partial charge on any atom is 0.0408 e. The van der Waals surface area contributed by atoms with E-state index in [9.17, 15) is 0 Å². The lowest BCUT2D eigenvalue weighted by Gasteiger charge is -2.18. The van der Waals surface area contributed by atoms with Gasteiger partial charge in [0.2, 0.25) is 0 Å². The summed E-state index contributed by atoms with van der Waals surface area (Å²) in [4.78, 5) is 6.50. The summed E-state index contributed by atoms with van der Waals surface area (Å²) in [6.45, 7) is 0. The Kier molecular flexibility index (Phi) is 11.4. The Morgan fingerprint density at radius 1 is 0.214 bits per heavy atom. The van der Waals surface area contributed by atoms with Crippen molar-refractivity contribution in [3.8, 4) is 0 Å². The minimum Gasteiger partial charge on any atom is -0.345 e. The third-order valence-electron chi connectivity index (χ3n) is 6.86. The second kappa shape index (κ2) is 16.1. The third kappa shape index (κ3) is 8.87. The maximum atomic E-state index is 2.17. The van der Waals surface area contributed by atoms with E-state index in [0.717, 1.165) is 0 Å². The number of hydrogen-bond acceptors (Lipinski definition) is 3. The minimum absolute atomic E-state index is 1.21. The first-order valence-corrected chi connectivity index (χ1v) is 14.1. The second-order valence-corrected chi connectivity index (χ2v) is 9.69. The maximum absolute atomic E-state index is 2.17. The van der Waals surface area contributed by atoms with Crippen molar-refractivity contribution < 1.29 is 0 Å². The number of nitrogens with zero attached hydrogens (tertiary/aromatic N) is 3. The number of hydrogen-bond donors (Lipinski definition) is 0.